The molecule has 0 amide bonds. The molecule has 2 rings (SSSR count). The predicted molar refractivity (Wildman–Crippen MR) is 73.9 cm³/mol. The second kappa shape index (κ2) is 5.21. The highest BCUT2D eigenvalue weighted by molar-refractivity contribution is 5.33. The number of aromatic nitrogens is 1. The van der Waals surface area contributed by atoms with Crippen molar-refractivity contribution >= 4 is 0 Å². The van der Waals surface area contributed by atoms with Crippen molar-refractivity contribution in [3.05, 3.63) is 54.4 Å². The van der Waals surface area contributed by atoms with Crippen molar-refractivity contribution in [2.45, 2.75) is 27.2 Å². The van der Waals surface area contributed by atoms with E-state index in [0.29, 0.717) is 0 Å². The Balaban J connectivity index is 2.13. The van der Waals surface area contributed by atoms with E-state index in [0.717, 1.165) is 17.9 Å². The zero-order valence-corrected chi connectivity index (χ0v) is 11.2. The van der Waals surface area contributed by atoms with Gasteiger partial charge in [-0.15, -0.1) is 0 Å². The molecule has 2 nitrogen and oxygen atoms in total. The van der Waals surface area contributed by atoms with E-state index in [-0.39, 0.29) is 5.41 Å². The molecule has 1 aromatic carbocycles. The van der Waals surface area contributed by atoms with Crippen LogP contribution in [0.4, 0.5) is 0 Å². The highest BCUT2D eigenvalue weighted by Gasteiger charge is 2.11. The first-order chi connectivity index (χ1) is 8.53. The molecule has 0 N–H and O–H groups in total. The zero-order valence-electron chi connectivity index (χ0n) is 11.2. The lowest BCUT2D eigenvalue weighted by molar-refractivity contribution is 0.409. The van der Waals surface area contributed by atoms with Crippen LogP contribution in [0.1, 0.15) is 26.3 Å². The molecule has 1 aromatic heterocycles. The molecule has 0 fully saturated rings. The van der Waals surface area contributed by atoms with Gasteiger partial charge in [-0.1, -0.05) is 32.9 Å². The molecule has 0 aliphatic heterocycles. The van der Waals surface area contributed by atoms with Crippen molar-refractivity contribution in [3.8, 4) is 11.5 Å². The van der Waals surface area contributed by atoms with Gasteiger partial charge in [0, 0.05) is 6.20 Å². The van der Waals surface area contributed by atoms with Crippen LogP contribution in [0.25, 0.3) is 0 Å². The molecule has 0 spiro atoms. The van der Waals surface area contributed by atoms with E-state index in [9.17, 15) is 0 Å². The summed E-state index contributed by atoms with van der Waals surface area (Å²) in [6, 6.07) is 12.0. The Labute approximate surface area is 109 Å². The first kappa shape index (κ1) is 12.6. The minimum atomic E-state index is 0.285. The molecule has 0 atom stereocenters. The van der Waals surface area contributed by atoms with Crippen molar-refractivity contribution in [2.75, 3.05) is 0 Å². The van der Waals surface area contributed by atoms with Crippen LogP contribution in [-0.4, -0.2) is 4.98 Å². The zero-order chi connectivity index (χ0) is 13.0. The van der Waals surface area contributed by atoms with E-state index in [1.165, 1.54) is 5.56 Å². The Morgan fingerprint density at radius 2 is 1.83 bits per heavy atom. The van der Waals surface area contributed by atoms with Crippen LogP contribution in [0.15, 0.2) is 48.8 Å². The number of hydrogen-bond acceptors (Lipinski definition) is 2. The summed E-state index contributed by atoms with van der Waals surface area (Å²) < 4.78 is 5.77. The molecule has 94 valence electrons. The molecule has 18 heavy (non-hydrogen) atoms. The van der Waals surface area contributed by atoms with Gasteiger partial charge in [-0.3, -0.25) is 4.98 Å². The fourth-order valence-electron chi connectivity index (χ4n) is 1.87. The normalized spacial score (nSPS) is 11.3. The lowest BCUT2D eigenvalue weighted by Gasteiger charge is -2.18. The van der Waals surface area contributed by atoms with Gasteiger partial charge >= 0.3 is 0 Å². The molecule has 0 aliphatic rings. The second-order valence-electron chi connectivity index (χ2n) is 5.68. The van der Waals surface area contributed by atoms with Crippen molar-refractivity contribution in [2.24, 2.45) is 5.41 Å². The number of pyridine rings is 1. The minimum absolute atomic E-state index is 0.285. The van der Waals surface area contributed by atoms with Gasteiger partial charge in [0.25, 0.3) is 0 Å². The average Bonchev–Trinajstić information content (AvgIpc) is 2.28. The molecule has 2 heteroatoms. The van der Waals surface area contributed by atoms with Gasteiger partial charge in [-0.2, -0.15) is 0 Å². The lowest BCUT2D eigenvalue weighted by Crippen LogP contribution is -2.08. The van der Waals surface area contributed by atoms with E-state index in [2.05, 4.69) is 37.9 Å². The summed E-state index contributed by atoms with van der Waals surface area (Å²) >= 11 is 0. The summed E-state index contributed by atoms with van der Waals surface area (Å²) in [5.41, 5.74) is 1.58. The van der Waals surface area contributed by atoms with Gasteiger partial charge in [0.2, 0.25) is 0 Å². The third-order valence-electron chi connectivity index (χ3n) is 2.50. The van der Waals surface area contributed by atoms with Crippen LogP contribution in [0.3, 0.4) is 0 Å². The van der Waals surface area contributed by atoms with E-state index < -0.39 is 0 Å². The van der Waals surface area contributed by atoms with Crippen LogP contribution in [-0.2, 0) is 6.42 Å². The third kappa shape index (κ3) is 3.88. The summed E-state index contributed by atoms with van der Waals surface area (Å²) in [5.74, 6) is 1.63. The van der Waals surface area contributed by atoms with Gasteiger partial charge in [0.1, 0.15) is 11.5 Å². The highest BCUT2D eigenvalue weighted by Crippen LogP contribution is 2.25. The number of ether oxygens (including phenoxy) is 1. The quantitative estimate of drug-likeness (QED) is 0.791. The van der Waals surface area contributed by atoms with Crippen LogP contribution >= 0.6 is 0 Å². The standard InChI is InChI=1S/C16H19NO/c1-16(2,3)11-13-6-4-7-14(10-13)18-15-8-5-9-17-12-15/h4-10,12H,11H2,1-3H3. The molecule has 0 aliphatic carbocycles. The van der Waals surface area contributed by atoms with Crippen LogP contribution in [0.2, 0.25) is 0 Å². The SMILES string of the molecule is CC(C)(C)Cc1cccc(Oc2cccnc2)c1. The predicted octanol–water partition coefficient (Wildman–Crippen LogP) is 4.46. The first-order valence-electron chi connectivity index (χ1n) is 6.20. The van der Waals surface area contributed by atoms with E-state index in [1.807, 2.05) is 24.3 Å². The maximum absolute atomic E-state index is 5.77. The van der Waals surface area contributed by atoms with Crippen LogP contribution in [0.5, 0.6) is 11.5 Å². The molecular formula is C16H19NO. The Morgan fingerprint density at radius 3 is 2.50 bits per heavy atom. The summed E-state index contributed by atoms with van der Waals surface area (Å²) in [7, 11) is 0. The van der Waals surface area contributed by atoms with Gasteiger partial charge in [0.05, 0.1) is 6.20 Å². The molecule has 0 unspecified atom stereocenters. The smallest absolute Gasteiger partial charge is 0.145 e. The molecule has 1 heterocycles. The van der Waals surface area contributed by atoms with Gasteiger partial charge in [0.15, 0.2) is 0 Å². The van der Waals surface area contributed by atoms with Gasteiger partial charge < -0.3 is 4.74 Å². The van der Waals surface area contributed by atoms with E-state index >= 15 is 0 Å². The summed E-state index contributed by atoms with van der Waals surface area (Å²) in [5, 5.41) is 0. The fraction of sp³-hybridized carbons (Fsp3) is 0.312. The molecule has 0 bridgehead atoms. The Bertz CT molecular complexity index is 500. The molecule has 0 saturated heterocycles. The van der Waals surface area contributed by atoms with Crippen molar-refractivity contribution in [1.82, 2.24) is 4.98 Å². The summed E-state index contributed by atoms with van der Waals surface area (Å²) in [6.07, 6.45) is 4.50. The summed E-state index contributed by atoms with van der Waals surface area (Å²) in [6.45, 7) is 6.71. The van der Waals surface area contributed by atoms with Crippen molar-refractivity contribution in [3.63, 3.8) is 0 Å². The lowest BCUT2D eigenvalue weighted by atomic mass is 9.88. The maximum atomic E-state index is 5.77. The largest absolute Gasteiger partial charge is 0.456 e. The van der Waals surface area contributed by atoms with E-state index in [1.54, 1.807) is 12.4 Å². The first-order valence-corrected chi connectivity index (χ1v) is 6.20. The molecule has 0 radical (unpaired) electrons. The monoisotopic (exact) mass is 241 g/mol. The topological polar surface area (TPSA) is 22.1 Å². The fourth-order valence-corrected chi connectivity index (χ4v) is 1.87. The molecular weight excluding hydrogens is 222 g/mol. The number of nitrogens with zero attached hydrogens (tertiary/aromatic N) is 1. The molecule has 0 saturated carbocycles. The highest BCUT2D eigenvalue weighted by atomic mass is 16.5. The second-order valence-corrected chi connectivity index (χ2v) is 5.68. The van der Waals surface area contributed by atoms with Gasteiger partial charge in [-0.05, 0) is 41.7 Å². The van der Waals surface area contributed by atoms with Crippen molar-refractivity contribution < 1.29 is 4.74 Å². The number of hydrogen-bond donors (Lipinski definition) is 0. The third-order valence-corrected chi connectivity index (χ3v) is 2.50. The Morgan fingerprint density at radius 1 is 1.06 bits per heavy atom. The summed E-state index contributed by atoms with van der Waals surface area (Å²) in [4.78, 5) is 4.04. The minimum Gasteiger partial charge on any atom is -0.456 e. The van der Waals surface area contributed by atoms with Crippen LogP contribution in [0, 0.1) is 5.41 Å². The number of rotatable bonds is 3. The number of benzene rings is 1. The Hall–Kier alpha value is -1.83. The van der Waals surface area contributed by atoms with Gasteiger partial charge in [-0.25, -0.2) is 0 Å². The van der Waals surface area contributed by atoms with Crippen molar-refractivity contribution in [1.29, 1.82) is 0 Å². The Kier molecular flexibility index (Phi) is 3.66. The molecule has 2 aromatic rings. The van der Waals surface area contributed by atoms with Crippen LogP contribution < -0.4 is 4.74 Å². The maximum Gasteiger partial charge on any atom is 0.145 e. The van der Waals surface area contributed by atoms with E-state index in [4.69, 9.17) is 4.74 Å². The average molecular weight is 241 g/mol.